The second-order valence-electron chi connectivity index (χ2n) is 2.90. The lowest BCUT2D eigenvalue weighted by molar-refractivity contribution is 0.475. The molecule has 1 aromatic carbocycles. The first-order valence-electron chi connectivity index (χ1n) is 4.10. The second kappa shape index (κ2) is 4.19. The minimum absolute atomic E-state index is 0.0600. The van der Waals surface area contributed by atoms with Crippen LogP contribution in [0, 0.1) is 11.3 Å². The van der Waals surface area contributed by atoms with Crippen LogP contribution in [0.1, 0.15) is 0 Å². The van der Waals surface area contributed by atoms with Crippen LogP contribution in [0.5, 0.6) is 5.75 Å². The largest absolute Gasteiger partial charge is 0.508 e. The van der Waals surface area contributed by atoms with Crippen LogP contribution in [0.15, 0.2) is 24.3 Å². The molecule has 0 aromatic heterocycles. The van der Waals surface area contributed by atoms with E-state index in [1.165, 1.54) is 31.3 Å². The van der Waals surface area contributed by atoms with Crippen LogP contribution in [0.2, 0.25) is 0 Å². The molecule has 0 saturated carbocycles. The molecule has 5 nitrogen and oxygen atoms in total. The first-order valence-corrected chi connectivity index (χ1v) is 5.71. The summed E-state index contributed by atoms with van der Waals surface area (Å²) < 4.78 is 23.9. The maximum absolute atomic E-state index is 11.5. The van der Waals surface area contributed by atoms with Crippen molar-refractivity contribution in [3.05, 3.63) is 24.3 Å². The number of benzene rings is 1. The first-order chi connectivity index (χ1) is 6.97. The third-order valence-corrected chi connectivity index (χ3v) is 3.42. The van der Waals surface area contributed by atoms with Crippen molar-refractivity contribution in [1.82, 2.24) is 0 Å². The molecule has 0 spiro atoms. The van der Waals surface area contributed by atoms with Gasteiger partial charge in [-0.2, -0.15) is 5.26 Å². The van der Waals surface area contributed by atoms with E-state index in [2.05, 4.69) is 0 Å². The third-order valence-electron chi connectivity index (χ3n) is 1.88. The summed E-state index contributed by atoms with van der Waals surface area (Å²) in [7, 11) is -2.23. The summed E-state index contributed by atoms with van der Waals surface area (Å²) in [5, 5.41) is 17.4. The smallest absolute Gasteiger partial charge is 0.248 e. The van der Waals surface area contributed by atoms with Crippen molar-refractivity contribution < 1.29 is 13.5 Å². The lowest BCUT2D eigenvalue weighted by Crippen LogP contribution is -2.28. The van der Waals surface area contributed by atoms with Gasteiger partial charge in [0.05, 0.1) is 11.8 Å². The molecule has 1 aromatic rings. The summed E-state index contributed by atoms with van der Waals surface area (Å²) in [4.78, 5) is 0. The number of nitriles is 1. The molecule has 0 bridgehead atoms. The van der Waals surface area contributed by atoms with Crippen LogP contribution in [-0.2, 0) is 10.0 Å². The molecule has 80 valence electrons. The van der Waals surface area contributed by atoms with E-state index in [0.29, 0.717) is 5.69 Å². The van der Waals surface area contributed by atoms with Gasteiger partial charge in [0, 0.05) is 7.05 Å². The Kier molecular flexibility index (Phi) is 3.17. The molecule has 0 saturated heterocycles. The van der Waals surface area contributed by atoms with Crippen molar-refractivity contribution in [3.8, 4) is 11.8 Å². The van der Waals surface area contributed by atoms with Crippen LogP contribution in [-0.4, -0.2) is 26.3 Å². The quantitative estimate of drug-likeness (QED) is 0.821. The van der Waals surface area contributed by atoms with E-state index in [9.17, 15) is 8.42 Å². The topological polar surface area (TPSA) is 81.4 Å². The Labute approximate surface area is 88.2 Å². The van der Waals surface area contributed by atoms with E-state index >= 15 is 0 Å². The van der Waals surface area contributed by atoms with Gasteiger partial charge in [-0.15, -0.1) is 0 Å². The molecule has 1 N–H and O–H groups in total. The molecule has 0 aliphatic carbocycles. The highest BCUT2D eigenvalue weighted by Crippen LogP contribution is 2.19. The number of rotatable bonds is 3. The molecule has 0 amide bonds. The van der Waals surface area contributed by atoms with Crippen molar-refractivity contribution in [2.24, 2.45) is 0 Å². The molecular formula is C9H10N2O3S. The van der Waals surface area contributed by atoms with Gasteiger partial charge in [-0.1, -0.05) is 0 Å². The van der Waals surface area contributed by atoms with Gasteiger partial charge in [-0.25, -0.2) is 8.42 Å². The summed E-state index contributed by atoms with van der Waals surface area (Å²) in [5.41, 5.74) is 0.406. The zero-order valence-corrected chi connectivity index (χ0v) is 8.90. The number of hydrogen-bond acceptors (Lipinski definition) is 4. The summed E-state index contributed by atoms with van der Waals surface area (Å²) in [6, 6.07) is 7.28. The highest BCUT2D eigenvalue weighted by Gasteiger charge is 2.17. The Balaban J connectivity index is 3.00. The highest BCUT2D eigenvalue weighted by molar-refractivity contribution is 7.92. The molecule has 0 atom stereocenters. The molecule has 0 unspecified atom stereocenters. The molecule has 0 fully saturated rings. The van der Waals surface area contributed by atoms with E-state index in [1.807, 2.05) is 0 Å². The zero-order valence-electron chi connectivity index (χ0n) is 8.08. The van der Waals surface area contributed by atoms with E-state index in [1.54, 1.807) is 6.07 Å². The van der Waals surface area contributed by atoms with Gasteiger partial charge in [-0.05, 0) is 24.3 Å². The fourth-order valence-corrected chi connectivity index (χ4v) is 1.80. The molecule has 0 aliphatic heterocycles. The third kappa shape index (κ3) is 2.60. The van der Waals surface area contributed by atoms with Crippen LogP contribution in [0.4, 0.5) is 5.69 Å². The monoisotopic (exact) mass is 226 g/mol. The molecule has 0 radical (unpaired) electrons. The predicted molar refractivity (Wildman–Crippen MR) is 55.9 cm³/mol. The standard InChI is InChI=1S/C9H10N2O3S/c1-11(15(13,14)7-6-10)8-2-4-9(12)5-3-8/h2-5,12H,7H2,1H3. The lowest BCUT2D eigenvalue weighted by atomic mass is 10.3. The Morgan fingerprint density at radius 1 is 1.40 bits per heavy atom. The Hall–Kier alpha value is -1.74. The predicted octanol–water partition coefficient (Wildman–Crippen LogP) is 0.682. The average Bonchev–Trinajstić information content (AvgIpc) is 2.18. The van der Waals surface area contributed by atoms with Crippen molar-refractivity contribution in [2.75, 3.05) is 17.1 Å². The number of sulfonamides is 1. The molecule has 0 aliphatic rings. The van der Waals surface area contributed by atoms with Crippen LogP contribution in [0.3, 0.4) is 0 Å². The van der Waals surface area contributed by atoms with Gasteiger partial charge < -0.3 is 5.11 Å². The Bertz CT molecular complexity index is 473. The van der Waals surface area contributed by atoms with Crippen LogP contribution >= 0.6 is 0 Å². The van der Waals surface area contributed by atoms with Gasteiger partial charge in [0.2, 0.25) is 10.0 Å². The Morgan fingerprint density at radius 2 is 1.93 bits per heavy atom. The maximum Gasteiger partial charge on any atom is 0.248 e. The summed E-state index contributed by atoms with van der Waals surface area (Å²) in [6.07, 6.45) is 0. The van der Waals surface area contributed by atoms with Crippen LogP contribution in [0.25, 0.3) is 0 Å². The van der Waals surface area contributed by atoms with Crippen molar-refractivity contribution in [2.45, 2.75) is 0 Å². The molecular weight excluding hydrogens is 216 g/mol. The van der Waals surface area contributed by atoms with Gasteiger partial charge in [0.25, 0.3) is 0 Å². The van der Waals surface area contributed by atoms with Gasteiger partial charge in [0.15, 0.2) is 5.75 Å². The number of anilines is 1. The van der Waals surface area contributed by atoms with Crippen LogP contribution < -0.4 is 4.31 Å². The second-order valence-corrected chi connectivity index (χ2v) is 4.90. The van der Waals surface area contributed by atoms with E-state index in [-0.39, 0.29) is 5.75 Å². The Morgan fingerprint density at radius 3 is 2.40 bits per heavy atom. The molecule has 15 heavy (non-hydrogen) atoms. The highest BCUT2D eigenvalue weighted by atomic mass is 32.2. The number of hydrogen-bond donors (Lipinski definition) is 1. The number of nitrogens with zero attached hydrogens (tertiary/aromatic N) is 2. The number of phenolic OH excluding ortho intramolecular Hbond substituents is 1. The lowest BCUT2D eigenvalue weighted by Gasteiger charge is -2.17. The average molecular weight is 226 g/mol. The van der Waals surface area contributed by atoms with Crippen molar-refractivity contribution >= 4 is 15.7 Å². The van der Waals surface area contributed by atoms with E-state index in [0.717, 1.165) is 4.31 Å². The summed E-state index contributed by atoms with van der Waals surface area (Å²) in [6.45, 7) is 0. The summed E-state index contributed by atoms with van der Waals surface area (Å²) >= 11 is 0. The maximum atomic E-state index is 11.5. The zero-order chi connectivity index (χ0) is 11.5. The molecule has 0 heterocycles. The molecule has 6 heteroatoms. The van der Waals surface area contributed by atoms with Gasteiger partial charge in [0.1, 0.15) is 5.75 Å². The fraction of sp³-hybridized carbons (Fsp3) is 0.222. The van der Waals surface area contributed by atoms with Crippen molar-refractivity contribution in [3.63, 3.8) is 0 Å². The fourth-order valence-electron chi connectivity index (χ4n) is 1.00. The minimum atomic E-state index is -3.59. The normalized spacial score (nSPS) is 10.7. The van der Waals surface area contributed by atoms with E-state index < -0.39 is 15.8 Å². The number of phenols is 1. The number of aromatic hydroxyl groups is 1. The summed E-state index contributed by atoms with van der Waals surface area (Å²) in [5.74, 6) is -0.505. The van der Waals surface area contributed by atoms with Gasteiger partial charge >= 0.3 is 0 Å². The first kappa shape index (κ1) is 11.3. The minimum Gasteiger partial charge on any atom is -0.508 e. The molecule has 1 rings (SSSR count). The SMILES string of the molecule is CN(c1ccc(O)cc1)S(=O)(=O)CC#N. The van der Waals surface area contributed by atoms with Crippen molar-refractivity contribution in [1.29, 1.82) is 5.26 Å². The van der Waals surface area contributed by atoms with E-state index in [4.69, 9.17) is 10.4 Å². The van der Waals surface area contributed by atoms with Gasteiger partial charge in [-0.3, -0.25) is 4.31 Å².